The number of carbonyl (C=O) groups excluding carboxylic acids is 2. The zero-order valence-corrected chi connectivity index (χ0v) is 25.1. The maximum Gasteiger partial charge on any atom is 0.303 e. The van der Waals surface area contributed by atoms with Crippen LogP contribution in [0.3, 0.4) is 0 Å². The highest BCUT2D eigenvalue weighted by Gasteiger charge is 2.34. The van der Waals surface area contributed by atoms with Crippen molar-refractivity contribution in [2.75, 3.05) is 0 Å². The van der Waals surface area contributed by atoms with E-state index in [-0.39, 0.29) is 49.3 Å². The Morgan fingerprint density at radius 2 is 1.56 bits per heavy atom. The molecule has 6 N–H and O–H groups in total. The molecular weight excluding hydrogens is 548 g/mol. The van der Waals surface area contributed by atoms with Crippen LogP contribution in [0.2, 0.25) is 0 Å². The van der Waals surface area contributed by atoms with Crippen molar-refractivity contribution in [2.45, 2.75) is 65.8 Å². The van der Waals surface area contributed by atoms with Crippen LogP contribution in [0.15, 0.2) is 30.5 Å². The van der Waals surface area contributed by atoms with Crippen LogP contribution >= 0.6 is 0 Å². The molecule has 4 heterocycles. The number of rotatable bonds is 11. The first-order valence-electron chi connectivity index (χ1n) is 14.6. The molecule has 2 fully saturated rings. The molecule has 0 radical (unpaired) electrons. The van der Waals surface area contributed by atoms with E-state index in [0.29, 0.717) is 16.6 Å². The van der Waals surface area contributed by atoms with E-state index in [4.69, 9.17) is 0 Å². The summed E-state index contributed by atoms with van der Waals surface area (Å²) in [4.78, 5) is 54.6. The van der Waals surface area contributed by atoms with Crippen LogP contribution in [0.1, 0.15) is 66.8 Å². The second-order valence-electron chi connectivity index (χ2n) is 11.4. The van der Waals surface area contributed by atoms with Gasteiger partial charge in [0.1, 0.15) is 0 Å². The Bertz CT molecular complexity index is 1660. The SMILES string of the molecule is C=CC1C(=C)[C@@H](/C=c2\[nH]/c(=C\c3[nH]c(/C=C4\NC(=O)[C@H](C)[C@H]4CC)c(C)c3CCC(=O)O)c(CCC(=O)O)c2C)NC1=O. The van der Waals surface area contributed by atoms with E-state index in [0.717, 1.165) is 45.4 Å². The number of aliphatic carboxylic acids is 2. The largest absolute Gasteiger partial charge is 0.481 e. The van der Waals surface area contributed by atoms with Crippen molar-refractivity contribution in [3.8, 4) is 0 Å². The van der Waals surface area contributed by atoms with Crippen LogP contribution in [-0.4, -0.2) is 50.0 Å². The highest BCUT2D eigenvalue weighted by Crippen LogP contribution is 2.32. The predicted molar refractivity (Wildman–Crippen MR) is 164 cm³/mol. The number of aromatic nitrogens is 2. The second-order valence-corrected chi connectivity index (χ2v) is 11.4. The highest BCUT2D eigenvalue weighted by atomic mass is 16.4. The molecule has 0 saturated carbocycles. The van der Waals surface area contributed by atoms with Crippen LogP contribution in [-0.2, 0) is 32.0 Å². The number of H-pyrrole nitrogens is 2. The van der Waals surface area contributed by atoms with Crippen LogP contribution < -0.4 is 21.3 Å². The maximum absolute atomic E-state index is 12.4. The fourth-order valence-corrected chi connectivity index (χ4v) is 6.11. The van der Waals surface area contributed by atoms with E-state index in [1.165, 1.54) is 0 Å². The Hall–Kier alpha value is -4.60. The van der Waals surface area contributed by atoms with Gasteiger partial charge in [-0.25, -0.2) is 0 Å². The summed E-state index contributed by atoms with van der Waals surface area (Å²) in [5, 5.41) is 26.2. The maximum atomic E-state index is 12.4. The van der Waals surface area contributed by atoms with Crippen molar-refractivity contribution in [3.63, 3.8) is 0 Å². The lowest BCUT2D eigenvalue weighted by molar-refractivity contribution is -0.138. The van der Waals surface area contributed by atoms with Crippen LogP contribution in [0.5, 0.6) is 0 Å². The summed E-state index contributed by atoms with van der Waals surface area (Å²) in [6.45, 7) is 15.6. The number of carboxylic acid groups (broad SMARTS) is 2. The molecule has 43 heavy (non-hydrogen) atoms. The van der Waals surface area contributed by atoms with Crippen molar-refractivity contribution in [1.82, 2.24) is 20.6 Å². The molecule has 2 aliphatic rings. The Morgan fingerprint density at radius 1 is 0.907 bits per heavy atom. The number of amides is 2. The van der Waals surface area contributed by atoms with Crippen molar-refractivity contribution >= 4 is 42.0 Å². The number of hydrogen-bond acceptors (Lipinski definition) is 4. The lowest BCUT2D eigenvalue weighted by Gasteiger charge is -2.11. The Kier molecular flexibility index (Phi) is 9.27. The number of aromatic amines is 2. The van der Waals surface area contributed by atoms with Gasteiger partial charge in [-0.2, -0.15) is 0 Å². The van der Waals surface area contributed by atoms with E-state index < -0.39 is 23.9 Å². The molecule has 2 aromatic rings. The molecule has 2 saturated heterocycles. The minimum absolute atomic E-state index is 0.0190. The number of hydrogen-bond donors (Lipinski definition) is 6. The molecule has 1 unspecified atom stereocenters. The molecule has 10 nitrogen and oxygen atoms in total. The van der Waals surface area contributed by atoms with E-state index in [2.05, 4.69) is 33.8 Å². The van der Waals surface area contributed by atoms with Gasteiger partial charge in [-0.15, -0.1) is 6.58 Å². The molecule has 0 aliphatic carbocycles. The minimum atomic E-state index is -0.924. The molecule has 4 atom stereocenters. The first-order valence-corrected chi connectivity index (χ1v) is 14.6. The van der Waals surface area contributed by atoms with E-state index in [9.17, 15) is 29.4 Å². The fraction of sp³-hybridized carbons (Fsp3) is 0.394. The molecule has 2 aliphatic heterocycles. The summed E-state index contributed by atoms with van der Waals surface area (Å²) in [7, 11) is 0. The van der Waals surface area contributed by atoms with Crippen LogP contribution in [0.25, 0.3) is 18.2 Å². The van der Waals surface area contributed by atoms with Crippen molar-refractivity contribution in [2.24, 2.45) is 17.8 Å². The Balaban J connectivity index is 1.87. The van der Waals surface area contributed by atoms with Gasteiger partial charge in [0.2, 0.25) is 11.8 Å². The molecule has 4 rings (SSSR count). The molecule has 228 valence electrons. The summed E-state index contributed by atoms with van der Waals surface area (Å²) in [6.07, 6.45) is 8.46. The van der Waals surface area contributed by atoms with E-state index in [1.54, 1.807) is 6.08 Å². The Labute approximate surface area is 250 Å². The van der Waals surface area contributed by atoms with E-state index >= 15 is 0 Å². The van der Waals surface area contributed by atoms with Crippen LogP contribution in [0.4, 0.5) is 0 Å². The molecule has 0 spiro atoms. The van der Waals surface area contributed by atoms with Crippen molar-refractivity contribution < 1.29 is 29.4 Å². The van der Waals surface area contributed by atoms with Crippen molar-refractivity contribution in [1.29, 1.82) is 0 Å². The number of allylic oxidation sites excluding steroid dienone is 1. The van der Waals surface area contributed by atoms with Gasteiger partial charge in [0.25, 0.3) is 0 Å². The van der Waals surface area contributed by atoms with Crippen molar-refractivity contribution in [3.05, 3.63) is 74.8 Å². The summed E-state index contributed by atoms with van der Waals surface area (Å²) in [5.41, 5.74) is 6.35. The predicted octanol–water partition coefficient (Wildman–Crippen LogP) is 2.59. The zero-order chi connectivity index (χ0) is 31.6. The van der Waals surface area contributed by atoms with Gasteiger partial charge >= 0.3 is 11.9 Å². The first kappa shape index (κ1) is 31.3. The summed E-state index contributed by atoms with van der Waals surface area (Å²) in [5.74, 6) is -2.60. The zero-order valence-electron chi connectivity index (χ0n) is 25.1. The van der Waals surface area contributed by atoms with Gasteiger partial charge in [-0.05, 0) is 79.2 Å². The van der Waals surface area contributed by atoms with Gasteiger partial charge < -0.3 is 30.8 Å². The second kappa shape index (κ2) is 12.7. The van der Waals surface area contributed by atoms with Gasteiger partial charge in [0.15, 0.2) is 0 Å². The topological polar surface area (TPSA) is 164 Å². The molecular formula is C33H40N4O6. The summed E-state index contributed by atoms with van der Waals surface area (Å²) < 4.78 is 0. The highest BCUT2D eigenvalue weighted by molar-refractivity contribution is 5.89. The van der Waals surface area contributed by atoms with Gasteiger partial charge in [-0.1, -0.05) is 26.5 Å². The quantitative estimate of drug-likeness (QED) is 0.221. The molecule has 0 bridgehead atoms. The Morgan fingerprint density at radius 3 is 2.14 bits per heavy atom. The normalized spacial score (nSPS) is 23.7. The third kappa shape index (κ3) is 6.43. The van der Waals surface area contributed by atoms with E-state index in [1.807, 2.05) is 45.9 Å². The monoisotopic (exact) mass is 588 g/mol. The third-order valence-electron chi connectivity index (χ3n) is 8.74. The summed E-state index contributed by atoms with van der Waals surface area (Å²) in [6, 6.07) is -0.416. The molecule has 0 aromatic carbocycles. The minimum Gasteiger partial charge on any atom is -0.481 e. The smallest absolute Gasteiger partial charge is 0.303 e. The lowest BCUT2D eigenvalue weighted by atomic mass is 9.92. The average molecular weight is 589 g/mol. The number of carbonyl (C=O) groups is 4. The summed E-state index contributed by atoms with van der Waals surface area (Å²) >= 11 is 0. The van der Waals surface area contributed by atoms with Crippen LogP contribution in [0, 0.1) is 31.6 Å². The molecule has 2 aromatic heterocycles. The lowest BCUT2D eigenvalue weighted by Crippen LogP contribution is -2.27. The number of carboxylic acids is 2. The number of nitrogens with one attached hydrogen (secondary N) is 4. The average Bonchev–Trinajstić information content (AvgIpc) is 3.59. The molecule has 10 heteroatoms. The standard InChI is InChI=1S/C33H40N4O6/c1-7-20-19(6)32(42)37-27(20)14-25-18(5)23(10-12-31(40)41)29(35-25)15-28-22(9-11-30(38)39)17(4)24(34-28)13-26-16(3)21(8-2)33(43)36-26/h8,13-15,19-21,26,34-35H,2-3,7,9-12H2,1,4-6H3,(H,36,43)(H,37,42)(H,38,39)(H,40,41)/b24-13-,27-14-,28-15-/t19-,20-,21?,26-/m1/s1. The fourth-order valence-electron chi connectivity index (χ4n) is 6.11. The van der Waals surface area contributed by atoms with Gasteiger partial charge in [-0.3, -0.25) is 19.2 Å². The first-order chi connectivity index (χ1) is 20.4. The third-order valence-corrected chi connectivity index (χ3v) is 8.74. The van der Waals surface area contributed by atoms with Gasteiger partial charge in [0, 0.05) is 52.5 Å². The molecule has 2 amide bonds. The van der Waals surface area contributed by atoms with Gasteiger partial charge in [0.05, 0.1) is 12.0 Å².